The summed E-state index contributed by atoms with van der Waals surface area (Å²) in [7, 11) is 0. The minimum absolute atomic E-state index is 0. The number of amides is 1. The summed E-state index contributed by atoms with van der Waals surface area (Å²) in [5.41, 5.74) is 6.22. The Kier molecular flexibility index (Phi) is 10.7. The molecule has 15 heavy (non-hydrogen) atoms. The zero-order valence-electron chi connectivity index (χ0n) is 8.18. The molecule has 4 nitrogen and oxygen atoms in total. The van der Waals surface area contributed by atoms with Crippen LogP contribution in [0.25, 0.3) is 0 Å². The van der Waals surface area contributed by atoms with Gasteiger partial charge in [0.1, 0.15) is 0 Å². The van der Waals surface area contributed by atoms with Gasteiger partial charge < -0.3 is 11.1 Å². The summed E-state index contributed by atoms with van der Waals surface area (Å²) in [5, 5.41) is 2.74. The molecular formula is C9H15Cl2N3O. The Hall–Kier alpha value is -0.840. The first-order valence-electron chi connectivity index (χ1n) is 4.18. The van der Waals surface area contributed by atoms with Gasteiger partial charge in [0.25, 0.3) is 0 Å². The van der Waals surface area contributed by atoms with Crippen LogP contribution in [0.2, 0.25) is 0 Å². The van der Waals surface area contributed by atoms with Gasteiger partial charge in [-0.3, -0.25) is 9.78 Å². The average Bonchev–Trinajstić information content (AvgIpc) is 2.17. The van der Waals surface area contributed by atoms with Crippen molar-refractivity contribution in [3.05, 3.63) is 30.1 Å². The highest BCUT2D eigenvalue weighted by atomic mass is 35.5. The van der Waals surface area contributed by atoms with E-state index in [2.05, 4.69) is 10.3 Å². The molecule has 3 N–H and O–H groups in total. The molecule has 1 aromatic rings. The number of rotatable bonds is 4. The third-order valence-corrected chi connectivity index (χ3v) is 1.58. The van der Waals surface area contributed by atoms with Crippen molar-refractivity contribution < 1.29 is 4.79 Å². The molecule has 0 spiro atoms. The second-order valence-corrected chi connectivity index (χ2v) is 2.68. The lowest BCUT2D eigenvalue weighted by molar-refractivity contribution is -0.121. The summed E-state index contributed by atoms with van der Waals surface area (Å²) in [5.74, 6) is -0.0219. The van der Waals surface area contributed by atoms with E-state index in [0.717, 1.165) is 5.56 Å². The van der Waals surface area contributed by atoms with Crippen LogP contribution in [-0.4, -0.2) is 17.4 Å². The number of hydrogen-bond acceptors (Lipinski definition) is 3. The van der Waals surface area contributed by atoms with Crippen LogP contribution in [0.15, 0.2) is 24.5 Å². The van der Waals surface area contributed by atoms with Gasteiger partial charge in [0.15, 0.2) is 0 Å². The van der Waals surface area contributed by atoms with Crippen molar-refractivity contribution in [2.24, 2.45) is 5.73 Å². The Morgan fingerprint density at radius 2 is 2.20 bits per heavy atom. The van der Waals surface area contributed by atoms with Gasteiger partial charge >= 0.3 is 0 Å². The molecule has 0 bridgehead atoms. The lowest BCUT2D eigenvalue weighted by atomic mass is 10.3. The van der Waals surface area contributed by atoms with E-state index in [1.165, 1.54) is 0 Å². The number of nitrogens with one attached hydrogen (secondary N) is 1. The highest BCUT2D eigenvalue weighted by Crippen LogP contribution is 1.94. The van der Waals surface area contributed by atoms with Gasteiger partial charge in [-0.25, -0.2) is 0 Å². The normalized spacial score (nSPS) is 8.33. The fourth-order valence-corrected chi connectivity index (χ4v) is 0.923. The van der Waals surface area contributed by atoms with Crippen LogP contribution in [0.3, 0.4) is 0 Å². The fourth-order valence-electron chi connectivity index (χ4n) is 0.923. The Balaban J connectivity index is 0. The number of carbonyl (C=O) groups excluding carboxylic acids is 1. The number of nitrogens with two attached hydrogens (primary N) is 1. The number of hydrogen-bond donors (Lipinski definition) is 2. The molecule has 0 aliphatic heterocycles. The van der Waals surface area contributed by atoms with Gasteiger partial charge in [0.2, 0.25) is 5.91 Å². The summed E-state index contributed by atoms with van der Waals surface area (Å²) >= 11 is 0. The molecule has 0 atom stereocenters. The number of pyridine rings is 1. The lowest BCUT2D eigenvalue weighted by Gasteiger charge is -2.02. The largest absolute Gasteiger partial charge is 0.352 e. The minimum atomic E-state index is -0.0219. The summed E-state index contributed by atoms with van der Waals surface area (Å²) in [6.07, 6.45) is 3.80. The van der Waals surface area contributed by atoms with Crippen molar-refractivity contribution in [3.63, 3.8) is 0 Å². The molecule has 0 saturated carbocycles. The van der Waals surface area contributed by atoms with Crippen LogP contribution < -0.4 is 11.1 Å². The second-order valence-electron chi connectivity index (χ2n) is 2.68. The summed E-state index contributed by atoms with van der Waals surface area (Å²) in [4.78, 5) is 14.9. The number of carbonyl (C=O) groups is 1. The zero-order chi connectivity index (χ0) is 9.52. The van der Waals surface area contributed by atoms with E-state index in [4.69, 9.17) is 5.73 Å². The average molecular weight is 252 g/mol. The highest BCUT2D eigenvalue weighted by molar-refractivity contribution is 5.85. The van der Waals surface area contributed by atoms with Crippen molar-refractivity contribution in [1.29, 1.82) is 0 Å². The van der Waals surface area contributed by atoms with E-state index >= 15 is 0 Å². The molecule has 0 fully saturated rings. The quantitative estimate of drug-likeness (QED) is 0.836. The molecule has 0 aromatic carbocycles. The van der Waals surface area contributed by atoms with Crippen LogP contribution in [0, 0.1) is 0 Å². The summed E-state index contributed by atoms with van der Waals surface area (Å²) < 4.78 is 0. The molecule has 6 heteroatoms. The van der Waals surface area contributed by atoms with E-state index in [0.29, 0.717) is 19.5 Å². The van der Waals surface area contributed by atoms with Gasteiger partial charge in [0.05, 0.1) is 0 Å². The molecule has 0 aliphatic rings. The lowest BCUT2D eigenvalue weighted by Crippen LogP contribution is -2.24. The van der Waals surface area contributed by atoms with Crippen LogP contribution in [0.4, 0.5) is 0 Å². The van der Waals surface area contributed by atoms with E-state index in [1.807, 2.05) is 12.1 Å². The van der Waals surface area contributed by atoms with E-state index in [-0.39, 0.29) is 30.7 Å². The number of aromatic nitrogens is 1. The Morgan fingerprint density at radius 1 is 1.47 bits per heavy atom. The Morgan fingerprint density at radius 3 is 2.73 bits per heavy atom. The van der Waals surface area contributed by atoms with Gasteiger partial charge in [-0.2, -0.15) is 0 Å². The molecule has 1 amide bonds. The predicted molar refractivity (Wildman–Crippen MR) is 64.3 cm³/mol. The Labute approximate surface area is 101 Å². The van der Waals surface area contributed by atoms with Crippen molar-refractivity contribution in [3.8, 4) is 0 Å². The molecule has 0 saturated heterocycles. The van der Waals surface area contributed by atoms with Crippen molar-refractivity contribution in [2.75, 3.05) is 6.54 Å². The molecule has 86 valence electrons. The minimum Gasteiger partial charge on any atom is -0.352 e. The van der Waals surface area contributed by atoms with Crippen LogP contribution in [0.5, 0.6) is 0 Å². The van der Waals surface area contributed by atoms with Crippen LogP contribution >= 0.6 is 24.8 Å². The Bertz CT molecular complexity index is 269. The SMILES string of the molecule is Cl.Cl.NCCC(=O)NCc1cccnc1. The summed E-state index contributed by atoms with van der Waals surface area (Å²) in [6, 6.07) is 3.75. The molecule has 1 rings (SSSR count). The summed E-state index contributed by atoms with van der Waals surface area (Å²) in [6.45, 7) is 0.908. The van der Waals surface area contributed by atoms with E-state index in [9.17, 15) is 4.79 Å². The fraction of sp³-hybridized carbons (Fsp3) is 0.333. The molecule has 1 heterocycles. The van der Waals surface area contributed by atoms with E-state index in [1.54, 1.807) is 12.4 Å². The predicted octanol–water partition coefficient (Wildman–Crippen LogP) is 0.890. The molecule has 1 aromatic heterocycles. The maximum atomic E-state index is 11.0. The second kappa shape index (κ2) is 9.71. The van der Waals surface area contributed by atoms with Gasteiger partial charge in [-0.05, 0) is 11.6 Å². The number of halogens is 2. The van der Waals surface area contributed by atoms with Crippen molar-refractivity contribution >= 4 is 30.7 Å². The van der Waals surface area contributed by atoms with Crippen LogP contribution in [0.1, 0.15) is 12.0 Å². The molecule has 0 radical (unpaired) electrons. The van der Waals surface area contributed by atoms with Gasteiger partial charge in [0, 0.05) is 31.9 Å². The third kappa shape index (κ3) is 7.13. The maximum Gasteiger partial charge on any atom is 0.221 e. The first-order chi connectivity index (χ1) is 6.33. The smallest absolute Gasteiger partial charge is 0.221 e. The van der Waals surface area contributed by atoms with E-state index < -0.39 is 0 Å². The standard InChI is InChI=1S/C9H13N3O.2ClH/c10-4-3-9(13)12-7-8-2-1-5-11-6-8;;/h1-2,5-6H,3-4,7,10H2,(H,12,13);2*1H. The van der Waals surface area contributed by atoms with Crippen molar-refractivity contribution in [2.45, 2.75) is 13.0 Å². The molecular weight excluding hydrogens is 237 g/mol. The van der Waals surface area contributed by atoms with Gasteiger partial charge in [-0.15, -0.1) is 24.8 Å². The first-order valence-corrected chi connectivity index (χ1v) is 4.18. The zero-order valence-corrected chi connectivity index (χ0v) is 9.81. The maximum absolute atomic E-state index is 11.0. The van der Waals surface area contributed by atoms with Crippen LogP contribution in [-0.2, 0) is 11.3 Å². The monoisotopic (exact) mass is 251 g/mol. The highest BCUT2D eigenvalue weighted by Gasteiger charge is 1.98. The van der Waals surface area contributed by atoms with Crippen molar-refractivity contribution in [1.82, 2.24) is 10.3 Å². The van der Waals surface area contributed by atoms with Gasteiger partial charge in [-0.1, -0.05) is 6.07 Å². The molecule has 0 unspecified atom stereocenters. The topological polar surface area (TPSA) is 68.0 Å². The third-order valence-electron chi connectivity index (χ3n) is 1.58. The first kappa shape index (κ1) is 16.6. The number of nitrogens with zero attached hydrogens (tertiary/aromatic N) is 1. The molecule has 0 aliphatic carbocycles.